The highest BCUT2D eigenvalue weighted by atomic mass is 16.5. The van der Waals surface area contributed by atoms with E-state index in [4.69, 9.17) is 14.2 Å². The highest BCUT2D eigenvalue weighted by molar-refractivity contribution is 5.97. The Morgan fingerprint density at radius 1 is 0.697 bits per heavy atom. The highest BCUT2D eigenvalue weighted by Gasteiger charge is 2.23. The standard InChI is InChI=1S/C26H28N2O5/c1-16-8-6-10-18(12-16)25(29)27-24(28-26(30)19-11-7-9-17(2)13-19)20-14-21(31-3)23(33-5)22(15-20)32-4/h6-15,24H,1-5H3,(H,27,29)(H,28,30). The monoisotopic (exact) mass is 448 g/mol. The van der Waals surface area contributed by atoms with E-state index in [-0.39, 0.29) is 11.8 Å². The summed E-state index contributed by atoms with van der Waals surface area (Å²) in [6.45, 7) is 3.82. The molecule has 3 aromatic carbocycles. The number of carbonyl (C=O) groups is 2. The van der Waals surface area contributed by atoms with Gasteiger partial charge in [-0.05, 0) is 50.2 Å². The second-order valence-electron chi connectivity index (χ2n) is 7.58. The summed E-state index contributed by atoms with van der Waals surface area (Å²) in [5.74, 6) is 0.569. The van der Waals surface area contributed by atoms with Gasteiger partial charge in [0.1, 0.15) is 6.17 Å². The minimum atomic E-state index is -0.861. The van der Waals surface area contributed by atoms with E-state index in [0.29, 0.717) is 33.9 Å². The van der Waals surface area contributed by atoms with Crippen LogP contribution in [0.4, 0.5) is 0 Å². The Morgan fingerprint density at radius 3 is 1.52 bits per heavy atom. The van der Waals surface area contributed by atoms with Crippen LogP contribution in [0.15, 0.2) is 60.7 Å². The Morgan fingerprint density at radius 2 is 1.15 bits per heavy atom. The van der Waals surface area contributed by atoms with Gasteiger partial charge in [0.05, 0.1) is 21.3 Å². The number of amides is 2. The lowest BCUT2D eigenvalue weighted by Gasteiger charge is -2.23. The Balaban J connectivity index is 2.01. The fourth-order valence-corrected chi connectivity index (χ4v) is 3.47. The van der Waals surface area contributed by atoms with Gasteiger partial charge in [-0.2, -0.15) is 0 Å². The van der Waals surface area contributed by atoms with Crippen LogP contribution in [-0.2, 0) is 0 Å². The number of rotatable bonds is 8. The first-order chi connectivity index (χ1) is 15.9. The smallest absolute Gasteiger partial charge is 0.253 e. The molecule has 0 heterocycles. The highest BCUT2D eigenvalue weighted by Crippen LogP contribution is 2.39. The maximum atomic E-state index is 13.0. The molecule has 7 nitrogen and oxygen atoms in total. The van der Waals surface area contributed by atoms with Crippen molar-refractivity contribution in [3.05, 3.63) is 88.5 Å². The molecule has 2 N–H and O–H groups in total. The second kappa shape index (κ2) is 10.5. The van der Waals surface area contributed by atoms with Crippen LogP contribution in [0.2, 0.25) is 0 Å². The van der Waals surface area contributed by atoms with Gasteiger partial charge in [0.15, 0.2) is 11.5 Å². The summed E-state index contributed by atoms with van der Waals surface area (Å²) in [6, 6.07) is 17.8. The molecule has 0 saturated carbocycles. The van der Waals surface area contributed by atoms with Crippen LogP contribution in [0.1, 0.15) is 43.6 Å². The zero-order valence-electron chi connectivity index (χ0n) is 19.4. The molecule has 3 aromatic rings. The van der Waals surface area contributed by atoms with Crippen molar-refractivity contribution >= 4 is 11.8 Å². The van der Waals surface area contributed by atoms with Crippen LogP contribution in [-0.4, -0.2) is 33.1 Å². The number of carbonyl (C=O) groups excluding carboxylic acids is 2. The van der Waals surface area contributed by atoms with E-state index in [1.165, 1.54) is 21.3 Å². The Hall–Kier alpha value is -4.00. The van der Waals surface area contributed by atoms with Crippen LogP contribution < -0.4 is 24.8 Å². The van der Waals surface area contributed by atoms with E-state index >= 15 is 0 Å². The third-order valence-electron chi connectivity index (χ3n) is 5.13. The van der Waals surface area contributed by atoms with E-state index in [1.54, 1.807) is 36.4 Å². The number of benzene rings is 3. The molecular formula is C26H28N2O5. The van der Waals surface area contributed by atoms with Crippen LogP contribution >= 0.6 is 0 Å². The van der Waals surface area contributed by atoms with Crippen LogP contribution in [0.5, 0.6) is 17.2 Å². The molecule has 0 saturated heterocycles. The number of ether oxygens (including phenoxy) is 3. The zero-order valence-corrected chi connectivity index (χ0v) is 19.4. The van der Waals surface area contributed by atoms with Crippen molar-refractivity contribution in [1.82, 2.24) is 10.6 Å². The van der Waals surface area contributed by atoms with Crippen LogP contribution in [0, 0.1) is 13.8 Å². The third-order valence-corrected chi connectivity index (χ3v) is 5.13. The molecule has 0 aliphatic rings. The molecule has 0 fully saturated rings. The summed E-state index contributed by atoms with van der Waals surface area (Å²) in [4.78, 5) is 26.1. The molecule has 0 aromatic heterocycles. The summed E-state index contributed by atoms with van der Waals surface area (Å²) in [7, 11) is 4.52. The zero-order chi connectivity index (χ0) is 24.0. The Kier molecular flexibility index (Phi) is 7.56. The number of hydrogen-bond donors (Lipinski definition) is 2. The number of methoxy groups -OCH3 is 3. The molecule has 0 atom stereocenters. The molecular weight excluding hydrogens is 420 g/mol. The SMILES string of the molecule is COc1cc(C(NC(=O)c2cccc(C)c2)NC(=O)c2cccc(C)c2)cc(OC)c1OC. The van der Waals surface area contributed by atoms with Gasteiger partial charge in [0.2, 0.25) is 5.75 Å². The quantitative estimate of drug-likeness (QED) is 0.505. The molecule has 2 amide bonds. The molecule has 33 heavy (non-hydrogen) atoms. The van der Waals surface area contributed by atoms with Gasteiger partial charge < -0.3 is 24.8 Å². The van der Waals surface area contributed by atoms with Crippen molar-refractivity contribution in [2.45, 2.75) is 20.0 Å². The van der Waals surface area contributed by atoms with Gasteiger partial charge >= 0.3 is 0 Å². The Labute approximate surface area is 193 Å². The van der Waals surface area contributed by atoms with Gasteiger partial charge in [-0.15, -0.1) is 0 Å². The van der Waals surface area contributed by atoms with Crippen LogP contribution in [0.3, 0.4) is 0 Å². The van der Waals surface area contributed by atoms with Gasteiger partial charge in [0, 0.05) is 16.7 Å². The van der Waals surface area contributed by atoms with Crippen molar-refractivity contribution in [2.75, 3.05) is 21.3 Å². The number of hydrogen-bond acceptors (Lipinski definition) is 5. The molecule has 3 rings (SSSR count). The minimum absolute atomic E-state index is 0.331. The molecule has 0 aliphatic heterocycles. The predicted octanol–water partition coefficient (Wildman–Crippen LogP) is 4.19. The maximum Gasteiger partial charge on any atom is 0.253 e. The first-order valence-corrected chi connectivity index (χ1v) is 10.4. The first kappa shape index (κ1) is 23.7. The predicted molar refractivity (Wildman–Crippen MR) is 126 cm³/mol. The summed E-state index contributed by atoms with van der Waals surface area (Å²) >= 11 is 0. The van der Waals surface area contributed by atoms with Gasteiger partial charge in [-0.25, -0.2) is 0 Å². The normalized spacial score (nSPS) is 10.5. The average molecular weight is 449 g/mol. The van der Waals surface area contributed by atoms with Crippen LogP contribution in [0.25, 0.3) is 0 Å². The molecule has 0 bridgehead atoms. The molecule has 172 valence electrons. The largest absolute Gasteiger partial charge is 0.493 e. The van der Waals surface area contributed by atoms with E-state index in [2.05, 4.69) is 10.6 Å². The molecule has 0 unspecified atom stereocenters. The lowest BCUT2D eigenvalue weighted by Crippen LogP contribution is -2.41. The summed E-state index contributed by atoms with van der Waals surface area (Å²) < 4.78 is 16.3. The fraction of sp³-hybridized carbons (Fsp3) is 0.231. The second-order valence-corrected chi connectivity index (χ2v) is 7.58. The minimum Gasteiger partial charge on any atom is -0.493 e. The maximum absolute atomic E-state index is 13.0. The van der Waals surface area contributed by atoms with Gasteiger partial charge in [0.25, 0.3) is 11.8 Å². The Bertz CT molecular complexity index is 1070. The van der Waals surface area contributed by atoms with Gasteiger partial charge in [-0.3, -0.25) is 9.59 Å². The van der Waals surface area contributed by atoms with Crippen molar-refractivity contribution in [3.63, 3.8) is 0 Å². The topological polar surface area (TPSA) is 85.9 Å². The van der Waals surface area contributed by atoms with Gasteiger partial charge in [-0.1, -0.05) is 35.4 Å². The molecule has 0 radical (unpaired) electrons. The number of nitrogens with one attached hydrogen (secondary N) is 2. The summed E-state index contributed by atoms with van der Waals surface area (Å²) in [6.07, 6.45) is -0.861. The van der Waals surface area contributed by atoms with Crippen molar-refractivity contribution < 1.29 is 23.8 Å². The van der Waals surface area contributed by atoms with Crippen molar-refractivity contribution in [2.24, 2.45) is 0 Å². The lowest BCUT2D eigenvalue weighted by molar-refractivity contribution is 0.0883. The lowest BCUT2D eigenvalue weighted by atomic mass is 10.1. The average Bonchev–Trinajstić information content (AvgIpc) is 2.82. The summed E-state index contributed by atoms with van der Waals surface area (Å²) in [5.41, 5.74) is 3.44. The first-order valence-electron chi connectivity index (χ1n) is 10.4. The fourth-order valence-electron chi connectivity index (χ4n) is 3.47. The van der Waals surface area contributed by atoms with Crippen molar-refractivity contribution in [3.8, 4) is 17.2 Å². The van der Waals surface area contributed by atoms with Crippen molar-refractivity contribution in [1.29, 1.82) is 0 Å². The van der Waals surface area contributed by atoms with E-state index in [9.17, 15) is 9.59 Å². The molecule has 7 heteroatoms. The van der Waals surface area contributed by atoms with E-state index in [1.807, 2.05) is 38.1 Å². The number of aryl methyl sites for hydroxylation is 2. The molecule has 0 aliphatic carbocycles. The van der Waals surface area contributed by atoms with E-state index < -0.39 is 6.17 Å². The summed E-state index contributed by atoms with van der Waals surface area (Å²) in [5, 5.41) is 5.82. The third kappa shape index (κ3) is 5.63. The van der Waals surface area contributed by atoms with E-state index in [0.717, 1.165) is 11.1 Å². The molecule has 0 spiro atoms.